The third-order valence-corrected chi connectivity index (χ3v) is 8.92. The zero-order chi connectivity index (χ0) is 31.4. The smallest absolute Gasteiger partial charge is 0.471 e. The predicted octanol–water partition coefficient (Wildman–Crippen LogP) is 4.89. The monoisotopic (exact) mass is 631 g/mol. The summed E-state index contributed by atoms with van der Waals surface area (Å²) in [6.07, 6.45) is -4.66. The number of ether oxygens (including phenoxy) is 2. The summed E-state index contributed by atoms with van der Waals surface area (Å²) < 4.78 is 52.6. The van der Waals surface area contributed by atoms with Gasteiger partial charge in [-0.25, -0.2) is 0 Å². The van der Waals surface area contributed by atoms with Gasteiger partial charge in [0.1, 0.15) is 6.04 Å². The molecule has 44 heavy (non-hydrogen) atoms. The maximum Gasteiger partial charge on any atom is 0.471 e. The summed E-state index contributed by atoms with van der Waals surface area (Å²) in [5.41, 5.74) is 2.66. The second-order valence-electron chi connectivity index (χ2n) is 10.8. The van der Waals surface area contributed by atoms with Gasteiger partial charge in [0, 0.05) is 41.6 Å². The molecule has 2 amide bonds. The number of hydrogen-bond donors (Lipinski definition) is 2. The summed E-state index contributed by atoms with van der Waals surface area (Å²) >= 11 is 1.37. The Hall–Kier alpha value is -3.65. The Morgan fingerprint density at radius 1 is 1.07 bits per heavy atom. The number of carbonyl (C=O) groups excluding carboxylic acids is 2. The lowest BCUT2D eigenvalue weighted by Crippen LogP contribution is -2.48. The van der Waals surface area contributed by atoms with Gasteiger partial charge in [0.25, 0.3) is 5.03 Å². The lowest BCUT2D eigenvalue weighted by molar-refractivity contribution is -0.645. The van der Waals surface area contributed by atoms with Crippen LogP contribution < -0.4 is 10.0 Å². The number of anilines is 1. The highest BCUT2D eigenvalue weighted by molar-refractivity contribution is 7.99. The fraction of sp³-hybridized carbons (Fsp3) is 0.387. The normalized spacial score (nSPS) is 23.8. The van der Waals surface area contributed by atoms with E-state index in [9.17, 15) is 33.1 Å². The molecule has 3 heterocycles. The Labute approximate surface area is 256 Å². The van der Waals surface area contributed by atoms with Crippen LogP contribution in [0, 0.1) is 11.1 Å². The molecule has 5 rings (SSSR count). The van der Waals surface area contributed by atoms with Gasteiger partial charge in [-0.15, -0.1) is 0 Å². The standard InChI is InChI=1S/C31H32F3N3O6S/c1-19-25(18-44-26-6-2-3-16-37(26)41)42-29(43-27(19)21-9-7-20(17-38)8-10-21)22-11-13-23(14-12-22)35-28(39)24-5-4-15-36(24)30(40)31(32,33)34/h2-3,6-14,16,19,24-25,27,29,38H,4-5,15,17-18H2,1H3,(H,35,39). The number of nitrogens with zero attached hydrogens (tertiary/aromatic N) is 2. The van der Waals surface area contributed by atoms with Crippen molar-refractivity contribution in [3.8, 4) is 0 Å². The van der Waals surface area contributed by atoms with E-state index in [1.165, 1.54) is 18.0 Å². The van der Waals surface area contributed by atoms with Crippen molar-refractivity contribution in [2.24, 2.45) is 5.92 Å². The summed E-state index contributed by atoms with van der Waals surface area (Å²) in [6.45, 7) is 1.79. The van der Waals surface area contributed by atoms with Crippen molar-refractivity contribution >= 4 is 29.3 Å². The third kappa shape index (κ3) is 7.17. The van der Waals surface area contributed by atoms with Crippen LogP contribution in [0.25, 0.3) is 0 Å². The van der Waals surface area contributed by atoms with Crippen molar-refractivity contribution in [1.82, 2.24) is 4.90 Å². The number of carbonyl (C=O) groups is 2. The Bertz CT molecular complexity index is 1460. The number of nitrogens with one attached hydrogen (secondary N) is 1. The number of aliphatic hydroxyl groups is 1. The average molecular weight is 632 g/mol. The first-order chi connectivity index (χ1) is 21.0. The first-order valence-corrected chi connectivity index (χ1v) is 15.1. The highest BCUT2D eigenvalue weighted by Crippen LogP contribution is 2.43. The Morgan fingerprint density at radius 3 is 2.43 bits per heavy atom. The third-order valence-electron chi connectivity index (χ3n) is 7.82. The van der Waals surface area contributed by atoms with E-state index in [0.29, 0.717) is 33.4 Å². The molecule has 2 saturated heterocycles. The number of aromatic nitrogens is 1. The fourth-order valence-corrected chi connectivity index (χ4v) is 6.48. The lowest BCUT2D eigenvalue weighted by atomic mass is 9.91. The van der Waals surface area contributed by atoms with Crippen LogP contribution >= 0.6 is 11.8 Å². The molecule has 13 heteroatoms. The first kappa shape index (κ1) is 31.8. The number of rotatable bonds is 8. The minimum Gasteiger partial charge on any atom is -0.618 e. The topological polar surface area (TPSA) is 115 Å². The highest BCUT2D eigenvalue weighted by Gasteiger charge is 2.47. The van der Waals surface area contributed by atoms with Crippen LogP contribution in [0.3, 0.4) is 0 Å². The van der Waals surface area contributed by atoms with Crippen LogP contribution in [0.1, 0.15) is 48.8 Å². The van der Waals surface area contributed by atoms with Crippen LogP contribution in [0.2, 0.25) is 0 Å². The number of benzene rings is 2. The quantitative estimate of drug-likeness (QED) is 0.207. The molecule has 9 nitrogen and oxygen atoms in total. The van der Waals surface area contributed by atoms with Crippen LogP contribution in [-0.2, 0) is 25.7 Å². The number of hydrogen-bond acceptors (Lipinski definition) is 7. The van der Waals surface area contributed by atoms with Crippen LogP contribution in [0.4, 0.5) is 18.9 Å². The van der Waals surface area contributed by atoms with E-state index in [4.69, 9.17) is 9.47 Å². The van der Waals surface area contributed by atoms with Crippen molar-refractivity contribution < 1.29 is 42.1 Å². The highest BCUT2D eigenvalue weighted by atomic mass is 32.2. The van der Waals surface area contributed by atoms with Gasteiger partial charge in [0.2, 0.25) is 5.91 Å². The van der Waals surface area contributed by atoms with Gasteiger partial charge < -0.3 is 30.0 Å². The van der Waals surface area contributed by atoms with Crippen molar-refractivity contribution in [2.75, 3.05) is 17.6 Å². The Balaban J connectivity index is 1.31. The molecule has 234 valence electrons. The largest absolute Gasteiger partial charge is 0.618 e. The zero-order valence-corrected chi connectivity index (χ0v) is 24.6. The van der Waals surface area contributed by atoms with Gasteiger partial charge in [-0.2, -0.15) is 17.9 Å². The van der Waals surface area contributed by atoms with Crippen LogP contribution in [0.5, 0.6) is 0 Å². The van der Waals surface area contributed by atoms with Gasteiger partial charge in [0.15, 0.2) is 12.5 Å². The molecule has 5 atom stereocenters. The lowest BCUT2D eigenvalue weighted by Gasteiger charge is -2.41. The number of halogens is 3. The van der Waals surface area contributed by atoms with E-state index in [0.717, 1.165) is 15.9 Å². The molecule has 1 aromatic heterocycles. The number of likely N-dealkylation sites (tertiary alicyclic amines) is 1. The molecule has 0 bridgehead atoms. The van der Waals surface area contributed by atoms with Crippen LogP contribution in [-0.4, -0.2) is 52.4 Å². The molecule has 0 aliphatic carbocycles. The number of thioether (sulfide) groups is 1. The molecular formula is C31H32F3N3O6S. The van der Waals surface area contributed by atoms with E-state index in [-0.39, 0.29) is 37.7 Å². The number of aliphatic hydroxyl groups excluding tert-OH is 1. The summed E-state index contributed by atoms with van der Waals surface area (Å²) in [5.74, 6) is -2.33. The predicted molar refractivity (Wildman–Crippen MR) is 155 cm³/mol. The fourth-order valence-electron chi connectivity index (χ4n) is 5.40. The van der Waals surface area contributed by atoms with Gasteiger partial charge in [0.05, 0.1) is 18.8 Å². The molecule has 2 fully saturated rings. The first-order valence-electron chi connectivity index (χ1n) is 14.2. The molecule has 3 aromatic rings. The van der Waals surface area contributed by atoms with E-state index < -0.39 is 30.3 Å². The second-order valence-corrected chi connectivity index (χ2v) is 11.8. The van der Waals surface area contributed by atoms with E-state index in [2.05, 4.69) is 5.32 Å². The SMILES string of the molecule is CC1C(CSc2cccc[n+]2[O-])OC(c2ccc(NC(=O)C3CCCN3C(=O)C(F)(F)F)cc2)OC1c1ccc(CO)cc1. The van der Waals surface area contributed by atoms with Crippen molar-refractivity contribution in [2.45, 2.75) is 62.1 Å². The molecule has 0 radical (unpaired) electrons. The minimum atomic E-state index is -5.05. The molecule has 0 saturated carbocycles. The zero-order valence-electron chi connectivity index (χ0n) is 23.8. The molecular weight excluding hydrogens is 599 g/mol. The molecule has 2 aliphatic rings. The average Bonchev–Trinajstić information content (AvgIpc) is 3.51. The summed E-state index contributed by atoms with van der Waals surface area (Å²) in [5, 5.41) is 24.8. The summed E-state index contributed by atoms with van der Waals surface area (Å²) in [6, 6.07) is 18.0. The molecule has 2 aromatic carbocycles. The van der Waals surface area contributed by atoms with E-state index >= 15 is 0 Å². The second kappa shape index (κ2) is 13.6. The van der Waals surface area contributed by atoms with E-state index in [1.807, 2.05) is 31.2 Å². The Morgan fingerprint density at radius 2 is 1.77 bits per heavy atom. The maximum absolute atomic E-state index is 13.0. The van der Waals surface area contributed by atoms with Gasteiger partial charge >= 0.3 is 12.1 Å². The summed E-state index contributed by atoms with van der Waals surface area (Å²) in [7, 11) is 0. The van der Waals surface area contributed by atoms with Crippen LogP contribution in [0.15, 0.2) is 78.0 Å². The molecule has 0 spiro atoms. The van der Waals surface area contributed by atoms with Gasteiger partial charge in [-0.05, 0) is 42.2 Å². The van der Waals surface area contributed by atoms with Crippen molar-refractivity contribution in [3.63, 3.8) is 0 Å². The van der Waals surface area contributed by atoms with Gasteiger partial charge in [-0.1, -0.05) is 55.1 Å². The van der Waals surface area contributed by atoms with Crippen molar-refractivity contribution in [3.05, 3.63) is 94.8 Å². The number of pyridine rings is 1. The minimum absolute atomic E-state index is 0.0844. The van der Waals surface area contributed by atoms with E-state index in [1.54, 1.807) is 42.5 Å². The molecule has 5 unspecified atom stereocenters. The molecule has 2 N–H and O–H groups in total. The Kier molecular flexibility index (Phi) is 9.78. The maximum atomic E-state index is 13.0. The number of amides is 2. The molecule has 2 aliphatic heterocycles. The van der Waals surface area contributed by atoms with Gasteiger partial charge in [-0.3, -0.25) is 9.59 Å². The summed E-state index contributed by atoms with van der Waals surface area (Å²) in [4.78, 5) is 25.2. The van der Waals surface area contributed by atoms with Crippen molar-refractivity contribution in [1.29, 1.82) is 0 Å². The number of alkyl halides is 3.